The average Bonchev–Trinajstić information content (AvgIpc) is 3.44. The summed E-state index contributed by atoms with van der Waals surface area (Å²) in [6.45, 7) is 6.52. The molecule has 0 aliphatic heterocycles. The van der Waals surface area contributed by atoms with Crippen LogP contribution in [0.5, 0.6) is 0 Å². The van der Waals surface area contributed by atoms with Gasteiger partial charge < -0.3 is 5.32 Å². The number of hydrogen-bond donors (Lipinski definition) is 1. The summed E-state index contributed by atoms with van der Waals surface area (Å²) < 4.78 is 1.97. The molecular formula is C26H37N3O2S2. The summed E-state index contributed by atoms with van der Waals surface area (Å²) in [6.07, 6.45) is 12.3. The third-order valence-corrected chi connectivity index (χ3v) is 10.6. The molecule has 5 nitrogen and oxygen atoms in total. The minimum Gasteiger partial charge on any atom is -0.352 e. The Hall–Kier alpha value is -1.34. The van der Waals surface area contributed by atoms with Crippen LogP contribution in [0.1, 0.15) is 95.0 Å². The Morgan fingerprint density at radius 2 is 1.85 bits per heavy atom. The molecule has 0 bridgehead atoms. The van der Waals surface area contributed by atoms with Crippen molar-refractivity contribution < 1.29 is 4.79 Å². The number of nitrogens with zero attached hydrogens (tertiary/aromatic N) is 2. The Labute approximate surface area is 205 Å². The van der Waals surface area contributed by atoms with Gasteiger partial charge in [-0.2, -0.15) is 0 Å². The molecule has 0 spiro atoms. The summed E-state index contributed by atoms with van der Waals surface area (Å²) in [5.41, 5.74) is 1.39. The molecule has 0 saturated heterocycles. The second-order valence-corrected chi connectivity index (χ2v) is 12.9. The molecule has 2 saturated carbocycles. The lowest BCUT2D eigenvalue weighted by Crippen LogP contribution is -2.46. The van der Waals surface area contributed by atoms with Crippen LogP contribution in [0.25, 0.3) is 10.2 Å². The van der Waals surface area contributed by atoms with Crippen LogP contribution in [0.2, 0.25) is 0 Å². The molecule has 7 heteroatoms. The van der Waals surface area contributed by atoms with E-state index in [-0.39, 0.29) is 28.8 Å². The molecule has 2 heterocycles. The van der Waals surface area contributed by atoms with Gasteiger partial charge >= 0.3 is 0 Å². The predicted octanol–water partition coefficient (Wildman–Crippen LogP) is 5.87. The molecule has 0 unspecified atom stereocenters. The van der Waals surface area contributed by atoms with Gasteiger partial charge in [-0.15, -0.1) is 11.3 Å². The summed E-state index contributed by atoms with van der Waals surface area (Å²) in [4.78, 5) is 34.3. The van der Waals surface area contributed by atoms with Crippen LogP contribution < -0.4 is 10.9 Å². The number of aryl methyl sites for hydroxylation is 2. The van der Waals surface area contributed by atoms with Crippen molar-refractivity contribution in [3.63, 3.8) is 0 Å². The highest BCUT2D eigenvalue weighted by atomic mass is 32.2. The Bertz CT molecular complexity index is 1090. The zero-order valence-electron chi connectivity index (χ0n) is 20.2. The molecule has 2 aromatic heterocycles. The van der Waals surface area contributed by atoms with Crippen molar-refractivity contribution in [2.24, 2.45) is 11.8 Å². The third kappa shape index (κ3) is 4.52. The number of carbonyl (C=O) groups excluding carboxylic acids is 1. The molecule has 180 valence electrons. The smallest absolute Gasteiger partial charge is 0.263 e. The number of hydrogen-bond acceptors (Lipinski definition) is 5. The van der Waals surface area contributed by atoms with Crippen molar-refractivity contribution in [2.75, 3.05) is 0 Å². The highest BCUT2D eigenvalue weighted by Crippen LogP contribution is 2.38. The van der Waals surface area contributed by atoms with E-state index in [1.165, 1.54) is 41.5 Å². The van der Waals surface area contributed by atoms with Gasteiger partial charge in [-0.1, -0.05) is 51.3 Å². The Morgan fingerprint density at radius 3 is 2.64 bits per heavy atom. The normalized spacial score (nSPS) is 26.9. The SMILES string of the molecule is C[C@H]1[C@H](C)CCC[C@H]1NC(=O)[C@H](C)Sc1nc2sc3c(c2c(=O)n1C1CCCC1)CCCC3. The van der Waals surface area contributed by atoms with Gasteiger partial charge in [0.2, 0.25) is 5.91 Å². The Kier molecular flexibility index (Phi) is 6.90. The zero-order valence-corrected chi connectivity index (χ0v) is 21.8. The van der Waals surface area contributed by atoms with E-state index in [9.17, 15) is 9.59 Å². The van der Waals surface area contributed by atoms with E-state index < -0.39 is 0 Å². The molecule has 4 atom stereocenters. The molecule has 1 amide bonds. The van der Waals surface area contributed by atoms with Gasteiger partial charge in [0.1, 0.15) is 4.83 Å². The summed E-state index contributed by atoms with van der Waals surface area (Å²) in [5, 5.41) is 4.66. The second kappa shape index (κ2) is 9.73. The maximum absolute atomic E-state index is 13.8. The molecule has 33 heavy (non-hydrogen) atoms. The molecule has 3 aliphatic rings. The Morgan fingerprint density at radius 1 is 1.09 bits per heavy atom. The second-order valence-electron chi connectivity index (χ2n) is 10.5. The topological polar surface area (TPSA) is 64.0 Å². The molecule has 3 aliphatic carbocycles. The minimum absolute atomic E-state index is 0.0729. The highest BCUT2D eigenvalue weighted by molar-refractivity contribution is 8.00. The fraction of sp³-hybridized carbons (Fsp3) is 0.731. The molecule has 2 fully saturated rings. The lowest BCUT2D eigenvalue weighted by Gasteiger charge is -2.35. The first-order valence-electron chi connectivity index (χ1n) is 13.0. The van der Waals surface area contributed by atoms with Gasteiger partial charge in [0.05, 0.1) is 10.6 Å². The quantitative estimate of drug-likeness (QED) is 0.423. The van der Waals surface area contributed by atoms with E-state index in [0.29, 0.717) is 11.8 Å². The number of nitrogens with one attached hydrogen (secondary N) is 1. The van der Waals surface area contributed by atoms with Crippen LogP contribution in [0.4, 0.5) is 0 Å². The van der Waals surface area contributed by atoms with Crippen LogP contribution in [-0.4, -0.2) is 26.8 Å². The van der Waals surface area contributed by atoms with Gasteiger partial charge in [0, 0.05) is 17.0 Å². The van der Waals surface area contributed by atoms with E-state index in [1.807, 2.05) is 11.5 Å². The fourth-order valence-electron chi connectivity index (χ4n) is 6.06. The largest absolute Gasteiger partial charge is 0.352 e. The number of thioether (sulfide) groups is 1. The van der Waals surface area contributed by atoms with Gasteiger partial charge in [-0.25, -0.2) is 4.98 Å². The molecule has 0 aromatic carbocycles. The van der Waals surface area contributed by atoms with E-state index in [1.54, 1.807) is 11.3 Å². The number of amides is 1. The number of aromatic nitrogens is 2. The number of thiophene rings is 1. The van der Waals surface area contributed by atoms with Gasteiger partial charge in [-0.05, 0) is 69.3 Å². The van der Waals surface area contributed by atoms with Crippen molar-refractivity contribution in [2.45, 2.75) is 114 Å². The molecule has 0 radical (unpaired) electrons. The van der Waals surface area contributed by atoms with Crippen molar-refractivity contribution in [3.8, 4) is 0 Å². The first-order valence-corrected chi connectivity index (χ1v) is 14.7. The molecular weight excluding hydrogens is 450 g/mol. The van der Waals surface area contributed by atoms with Gasteiger partial charge in [0.15, 0.2) is 5.16 Å². The van der Waals surface area contributed by atoms with Crippen LogP contribution in [-0.2, 0) is 17.6 Å². The molecule has 1 N–H and O–H groups in total. The fourth-order valence-corrected chi connectivity index (χ4v) is 8.35. The van der Waals surface area contributed by atoms with Crippen molar-refractivity contribution in [1.29, 1.82) is 0 Å². The van der Waals surface area contributed by atoms with Crippen LogP contribution in [0, 0.1) is 11.8 Å². The number of carbonyl (C=O) groups is 1. The summed E-state index contributed by atoms with van der Waals surface area (Å²) in [6, 6.07) is 0.464. The number of fused-ring (bicyclic) bond motifs is 3. The van der Waals surface area contributed by atoms with Gasteiger partial charge in [0.25, 0.3) is 5.56 Å². The average molecular weight is 488 g/mol. The summed E-state index contributed by atoms with van der Waals surface area (Å²) >= 11 is 3.18. The van der Waals surface area contributed by atoms with Crippen molar-refractivity contribution >= 4 is 39.2 Å². The third-order valence-electron chi connectivity index (χ3n) is 8.36. The maximum Gasteiger partial charge on any atom is 0.263 e. The standard InChI is InChI=1S/C26H37N3O2S2/c1-15-9-8-13-20(16(15)2)27-23(30)17(3)32-26-28-24-22(19-12-6-7-14-21(19)33-24)25(31)29(26)18-10-4-5-11-18/h15-18,20H,4-14H2,1-3H3,(H,27,30)/t15-,16+,17+,20-/m1/s1. The Balaban J connectivity index is 1.44. The monoisotopic (exact) mass is 487 g/mol. The zero-order chi connectivity index (χ0) is 23.1. The minimum atomic E-state index is -0.277. The lowest BCUT2D eigenvalue weighted by molar-refractivity contribution is -0.121. The van der Waals surface area contributed by atoms with Gasteiger partial charge in [-0.3, -0.25) is 14.2 Å². The molecule has 5 rings (SSSR count). The van der Waals surface area contributed by atoms with E-state index in [2.05, 4.69) is 19.2 Å². The van der Waals surface area contributed by atoms with E-state index in [0.717, 1.165) is 66.7 Å². The van der Waals surface area contributed by atoms with E-state index >= 15 is 0 Å². The summed E-state index contributed by atoms with van der Waals surface area (Å²) in [5.74, 6) is 1.22. The summed E-state index contributed by atoms with van der Waals surface area (Å²) in [7, 11) is 0. The number of rotatable bonds is 5. The molecule has 2 aromatic rings. The maximum atomic E-state index is 13.8. The predicted molar refractivity (Wildman–Crippen MR) is 137 cm³/mol. The van der Waals surface area contributed by atoms with Crippen LogP contribution in [0.15, 0.2) is 9.95 Å². The van der Waals surface area contributed by atoms with Crippen LogP contribution >= 0.6 is 23.1 Å². The van der Waals surface area contributed by atoms with Crippen LogP contribution in [0.3, 0.4) is 0 Å². The lowest BCUT2D eigenvalue weighted by atomic mass is 9.78. The van der Waals surface area contributed by atoms with Crippen molar-refractivity contribution in [1.82, 2.24) is 14.9 Å². The first kappa shape index (κ1) is 23.4. The van der Waals surface area contributed by atoms with E-state index in [4.69, 9.17) is 4.98 Å². The van der Waals surface area contributed by atoms with Crippen molar-refractivity contribution in [3.05, 3.63) is 20.8 Å². The first-order chi connectivity index (χ1) is 15.9. The highest BCUT2D eigenvalue weighted by Gasteiger charge is 2.31.